The van der Waals surface area contributed by atoms with Gasteiger partial charge in [0.1, 0.15) is 19.0 Å². The maximum absolute atomic E-state index is 13.0. The minimum atomic E-state index is -0.360. The first-order valence-electron chi connectivity index (χ1n) is 11.5. The smallest absolute Gasteiger partial charge is 0.293 e. The van der Waals surface area contributed by atoms with Crippen LogP contribution in [0.5, 0.6) is 17.2 Å². The second-order valence-electron chi connectivity index (χ2n) is 8.35. The molecule has 1 aliphatic heterocycles. The molecule has 37 heavy (non-hydrogen) atoms. The fourth-order valence-electron chi connectivity index (χ4n) is 3.67. The van der Waals surface area contributed by atoms with E-state index in [0.717, 1.165) is 28.6 Å². The number of imide groups is 1. The van der Waals surface area contributed by atoms with Gasteiger partial charge in [0.05, 0.1) is 18.6 Å². The van der Waals surface area contributed by atoms with Crippen molar-refractivity contribution in [2.24, 2.45) is 0 Å². The molecule has 0 unspecified atom stereocenters. The predicted molar refractivity (Wildman–Crippen MR) is 148 cm³/mol. The van der Waals surface area contributed by atoms with Crippen molar-refractivity contribution >= 4 is 52.2 Å². The van der Waals surface area contributed by atoms with Crippen LogP contribution in [0.2, 0.25) is 10.0 Å². The van der Waals surface area contributed by atoms with Crippen LogP contribution in [-0.2, 0) is 11.4 Å². The Morgan fingerprint density at radius 2 is 1.68 bits per heavy atom. The number of carbonyl (C=O) groups excluding carboxylic acids is 2. The number of methoxy groups -OCH3 is 1. The predicted octanol–water partition coefficient (Wildman–Crippen LogP) is 7.31. The number of aryl methyl sites for hydroxylation is 2. The Morgan fingerprint density at radius 1 is 0.919 bits per heavy atom. The average molecular weight is 558 g/mol. The highest BCUT2D eigenvalue weighted by atomic mass is 35.5. The lowest BCUT2D eigenvalue weighted by molar-refractivity contribution is -0.123. The highest BCUT2D eigenvalue weighted by molar-refractivity contribution is 8.18. The molecule has 1 heterocycles. The van der Waals surface area contributed by atoms with Crippen LogP contribution in [0.15, 0.2) is 59.5 Å². The fraction of sp³-hybridized carbons (Fsp3) is 0.214. The standard InChI is InChI=1S/C28H25Cl2NO5S/c1-17-7-8-18(2)24(13-17)35-12-11-31-27(32)26(37-28(31)33)15-19-9-10-23(34-3)25(14-19)36-16-20-21(29)5-4-6-22(20)30/h4-10,13-15H,11-12,16H2,1-3H3/b26-15-. The summed E-state index contributed by atoms with van der Waals surface area (Å²) in [5, 5.41) is 0.662. The molecule has 1 fully saturated rings. The Balaban J connectivity index is 1.45. The highest BCUT2D eigenvalue weighted by Gasteiger charge is 2.34. The van der Waals surface area contributed by atoms with Gasteiger partial charge in [-0.3, -0.25) is 14.5 Å². The van der Waals surface area contributed by atoms with Crippen LogP contribution in [0.1, 0.15) is 22.3 Å². The van der Waals surface area contributed by atoms with Crippen LogP contribution in [-0.4, -0.2) is 36.3 Å². The Kier molecular flexibility index (Phi) is 8.69. The van der Waals surface area contributed by atoms with Crippen molar-refractivity contribution in [3.8, 4) is 17.2 Å². The number of amides is 2. The van der Waals surface area contributed by atoms with Gasteiger partial charge in [0.2, 0.25) is 0 Å². The van der Waals surface area contributed by atoms with Gasteiger partial charge in [0.15, 0.2) is 11.5 Å². The van der Waals surface area contributed by atoms with Gasteiger partial charge in [-0.05, 0) is 78.7 Å². The quantitative estimate of drug-likeness (QED) is 0.257. The number of carbonyl (C=O) groups is 2. The molecule has 0 aromatic heterocycles. The Morgan fingerprint density at radius 3 is 2.41 bits per heavy atom. The minimum Gasteiger partial charge on any atom is -0.493 e. The van der Waals surface area contributed by atoms with E-state index in [1.807, 2.05) is 32.0 Å². The molecule has 1 saturated heterocycles. The van der Waals surface area contributed by atoms with E-state index in [1.165, 1.54) is 12.0 Å². The minimum absolute atomic E-state index is 0.134. The largest absolute Gasteiger partial charge is 0.493 e. The number of nitrogens with zero attached hydrogens (tertiary/aromatic N) is 1. The number of thioether (sulfide) groups is 1. The van der Waals surface area contributed by atoms with Crippen LogP contribution in [0.25, 0.3) is 6.08 Å². The first-order chi connectivity index (χ1) is 17.8. The zero-order valence-corrected chi connectivity index (χ0v) is 22.9. The summed E-state index contributed by atoms with van der Waals surface area (Å²) in [5.74, 6) is 1.34. The van der Waals surface area contributed by atoms with Crippen molar-refractivity contribution in [3.63, 3.8) is 0 Å². The topological polar surface area (TPSA) is 65.1 Å². The van der Waals surface area contributed by atoms with E-state index >= 15 is 0 Å². The first kappa shape index (κ1) is 26.9. The average Bonchev–Trinajstić information content (AvgIpc) is 3.13. The lowest BCUT2D eigenvalue weighted by atomic mass is 10.1. The lowest BCUT2D eigenvalue weighted by Gasteiger charge is -2.15. The molecule has 2 amide bonds. The van der Waals surface area contributed by atoms with E-state index in [0.29, 0.717) is 37.6 Å². The van der Waals surface area contributed by atoms with E-state index in [-0.39, 0.29) is 30.9 Å². The van der Waals surface area contributed by atoms with Crippen molar-refractivity contribution in [2.45, 2.75) is 20.5 Å². The second-order valence-corrected chi connectivity index (χ2v) is 10.2. The monoisotopic (exact) mass is 557 g/mol. The van der Waals surface area contributed by atoms with Crippen LogP contribution in [0.4, 0.5) is 4.79 Å². The number of halogens is 2. The van der Waals surface area contributed by atoms with Crippen LogP contribution >= 0.6 is 35.0 Å². The van der Waals surface area contributed by atoms with Crippen LogP contribution < -0.4 is 14.2 Å². The molecule has 0 spiro atoms. The second kappa shape index (κ2) is 11.9. The Hall–Kier alpha value is -3.13. The summed E-state index contributed by atoms with van der Waals surface area (Å²) < 4.78 is 17.2. The molecule has 192 valence electrons. The summed E-state index contributed by atoms with van der Waals surface area (Å²) in [6.07, 6.45) is 1.66. The van der Waals surface area contributed by atoms with Gasteiger partial charge in [-0.2, -0.15) is 0 Å². The van der Waals surface area contributed by atoms with E-state index in [9.17, 15) is 9.59 Å². The third-order valence-electron chi connectivity index (χ3n) is 5.71. The zero-order valence-electron chi connectivity index (χ0n) is 20.5. The molecular formula is C28H25Cl2NO5S. The molecule has 6 nitrogen and oxygen atoms in total. The van der Waals surface area contributed by atoms with E-state index < -0.39 is 0 Å². The summed E-state index contributed by atoms with van der Waals surface area (Å²) >= 11 is 13.4. The highest BCUT2D eigenvalue weighted by Crippen LogP contribution is 2.35. The van der Waals surface area contributed by atoms with Crippen molar-refractivity contribution in [1.29, 1.82) is 0 Å². The number of hydrogen-bond acceptors (Lipinski definition) is 6. The Bertz CT molecular complexity index is 1350. The fourth-order valence-corrected chi connectivity index (χ4v) is 5.04. The molecular weight excluding hydrogens is 533 g/mol. The molecule has 0 saturated carbocycles. The third-order valence-corrected chi connectivity index (χ3v) is 7.32. The van der Waals surface area contributed by atoms with Gasteiger partial charge in [-0.25, -0.2) is 0 Å². The Labute approximate surface area is 230 Å². The number of rotatable bonds is 9. The van der Waals surface area contributed by atoms with Crippen LogP contribution in [0, 0.1) is 13.8 Å². The molecule has 9 heteroatoms. The van der Waals surface area contributed by atoms with Crippen molar-refractivity contribution in [3.05, 3.63) is 91.8 Å². The maximum atomic E-state index is 13.0. The molecule has 0 radical (unpaired) electrons. The van der Waals surface area contributed by atoms with Gasteiger partial charge >= 0.3 is 0 Å². The van der Waals surface area contributed by atoms with Crippen molar-refractivity contribution < 1.29 is 23.8 Å². The van der Waals surface area contributed by atoms with Gasteiger partial charge < -0.3 is 14.2 Å². The number of hydrogen-bond donors (Lipinski definition) is 0. The molecule has 0 aliphatic carbocycles. The van der Waals surface area contributed by atoms with Gasteiger partial charge in [0.25, 0.3) is 11.1 Å². The van der Waals surface area contributed by atoms with Gasteiger partial charge in [-0.15, -0.1) is 0 Å². The number of benzene rings is 3. The third kappa shape index (κ3) is 6.42. The van der Waals surface area contributed by atoms with Gasteiger partial charge in [-0.1, -0.05) is 47.5 Å². The van der Waals surface area contributed by atoms with Gasteiger partial charge in [0, 0.05) is 15.6 Å². The lowest BCUT2D eigenvalue weighted by Crippen LogP contribution is -2.32. The molecule has 0 N–H and O–H groups in total. The molecule has 0 bridgehead atoms. The summed E-state index contributed by atoms with van der Waals surface area (Å²) in [5.41, 5.74) is 3.40. The molecule has 3 aromatic carbocycles. The molecule has 4 rings (SSSR count). The van der Waals surface area contributed by atoms with E-state index in [4.69, 9.17) is 37.4 Å². The maximum Gasteiger partial charge on any atom is 0.293 e. The molecule has 0 atom stereocenters. The van der Waals surface area contributed by atoms with Crippen molar-refractivity contribution in [2.75, 3.05) is 20.3 Å². The molecule has 1 aliphatic rings. The van der Waals surface area contributed by atoms with E-state index in [1.54, 1.807) is 42.5 Å². The van der Waals surface area contributed by atoms with Crippen molar-refractivity contribution in [1.82, 2.24) is 4.90 Å². The normalized spacial score (nSPS) is 14.4. The number of ether oxygens (including phenoxy) is 3. The molecule has 3 aromatic rings. The van der Waals surface area contributed by atoms with E-state index in [2.05, 4.69) is 0 Å². The SMILES string of the molecule is COc1ccc(/C=C2\SC(=O)N(CCOc3cc(C)ccc3C)C2=O)cc1OCc1c(Cl)cccc1Cl. The summed E-state index contributed by atoms with van der Waals surface area (Å²) in [4.78, 5) is 27.0. The zero-order chi connectivity index (χ0) is 26.5. The van der Waals surface area contributed by atoms with Crippen LogP contribution in [0.3, 0.4) is 0 Å². The summed E-state index contributed by atoms with van der Waals surface area (Å²) in [6, 6.07) is 16.4. The first-order valence-corrected chi connectivity index (χ1v) is 13.0. The summed E-state index contributed by atoms with van der Waals surface area (Å²) in [6.45, 7) is 4.43. The summed E-state index contributed by atoms with van der Waals surface area (Å²) in [7, 11) is 1.54.